The van der Waals surface area contributed by atoms with Gasteiger partial charge in [-0.3, -0.25) is 0 Å². The predicted molar refractivity (Wildman–Crippen MR) is 90.5 cm³/mol. The molecule has 0 fully saturated rings. The maximum absolute atomic E-state index is 11.0. The molecule has 1 aliphatic heterocycles. The summed E-state index contributed by atoms with van der Waals surface area (Å²) in [6, 6.07) is 15.8. The Morgan fingerprint density at radius 2 is 2.09 bits per heavy atom. The van der Waals surface area contributed by atoms with E-state index in [2.05, 4.69) is 29.6 Å². The monoisotopic (exact) mass is 313 g/mol. The molecular weight excluding hydrogens is 294 g/mol. The second kappa shape index (κ2) is 6.99. The number of carbonyl (C=O) groups is 1. The van der Waals surface area contributed by atoms with E-state index in [-0.39, 0.29) is 0 Å². The fourth-order valence-electron chi connectivity index (χ4n) is 2.81. The molecule has 1 aliphatic rings. The van der Waals surface area contributed by atoms with Crippen molar-refractivity contribution in [3.05, 3.63) is 70.8 Å². The van der Waals surface area contributed by atoms with Gasteiger partial charge in [0.25, 0.3) is 0 Å². The van der Waals surface area contributed by atoms with Gasteiger partial charge in [-0.2, -0.15) is 11.8 Å². The van der Waals surface area contributed by atoms with Crippen LogP contribution < -0.4 is 5.32 Å². The van der Waals surface area contributed by atoms with Crippen LogP contribution in [0.1, 0.15) is 32.3 Å². The predicted octanol–water partition coefficient (Wildman–Crippen LogP) is 3.51. The van der Waals surface area contributed by atoms with Crippen LogP contribution in [-0.4, -0.2) is 23.4 Å². The molecule has 0 bridgehead atoms. The number of hydrogen-bond acceptors (Lipinski definition) is 3. The smallest absolute Gasteiger partial charge is 0.335 e. The molecule has 0 aromatic heterocycles. The van der Waals surface area contributed by atoms with Crippen LogP contribution in [0.5, 0.6) is 0 Å². The number of carboxylic acid groups (broad SMARTS) is 1. The highest BCUT2D eigenvalue weighted by atomic mass is 32.2. The average Bonchev–Trinajstić information content (AvgIpc) is 2.55. The molecule has 3 rings (SSSR count). The summed E-state index contributed by atoms with van der Waals surface area (Å²) in [6.45, 7) is 1.60. The molecule has 1 heterocycles. The summed E-state index contributed by atoms with van der Waals surface area (Å²) in [5.74, 6) is 0.288. The minimum absolute atomic E-state index is 0.344. The topological polar surface area (TPSA) is 49.3 Å². The van der Waals surface area contributed by atoms with Crippen molar-refractivity contribution in [1.82, 2.24) is 5.32 Å². The van der Waals surface area contributed by atoms with Crippen LogP contribution in [-0.2, 0) is 13.0 Å². The second-order valence-corrected chi connectivity index (χ2v) is 6.76. The van der Waals surface area contributed by atoms with Crippen molar-refractivity contribution < 1.29 is 9.90 Å². The van der Waals surface area contributed by atoms with Crippen molar-refractivity contribution in [2.45, 2.75) is 18.2 Å². The Balaban J connectivity index is 1.60. The summed E-state index contributed by atoms with van der Waals surface area (Å²) in [5.41, 5.74) is 4.25. The van der Waals surface area contributed by atoms with E-state index in [9.17, 15) is 4.79 Å². The van der Waals surface area contributed by atoms with E-state index >= 15 is 0 Å². The van der Waals surface area contributed by atoms with Crippen LogP contribution in [0.25, 0.3) is 0 Å². The van der Waals surface area contributed by atoms with Gasteiger partial charge in [0, 0.05) is 18.3 Å². The molecule has 0 radical (unpaired) electrons. The molecule has 1 unspecified atom stereocenters. The van der Waals surface area contributed by atoms with Gasteiger partial charge in [-0.25, -0.2) is 4.79 Å². The first-order chi connectivity index (χ1) is 10.7. The Morgan fingerprint density at radius 1 is 1.23 bits per heavy atom. The van der Waals surface area contributed by atoms with Crippen molar-refractivity contribution >= 4 is 17.7 Å². The fraction of sp³-hybridized carbons (Fsp3) is 0.278. The van der Waals surface area contributed by atoms with Gasteiger partial charge in [-0.05, 0) is 41.0 Å². The average molecular weight is 313 g/mol. The summed E-state index contributed by atoms with van der Waals surface area (Å²) in [4.78, 5) is 11.0. The second-order valence-electron chi connectivity index (χ2n) is 5.44. The number of nitrogens with one attached hydrogen (secondary N) is 1. The highest BCUT2D eigenvalue weighted by Crippen LogP contribution is 2.35. The first-order valence-corrected chi connectivity index (χ1v) is 8.51. The SMILES string of the molecule is O=C(O)c1cccc(CNCC2SCCc3ccccc32)c1. The van der Waals surface area contributed by atoms with Gasteiger partial charge in [-0.15, -0.1) is 0 Å². The number of rotatable bonds is 5. The zero-order valence-corrected chi connectivity index (χ0v) is 13.1. The number of fused-ring (bicyclic) bond motifs is 1. The largest absolute Gasteiger partial charge is 0.478 e. The molecule has 4 heteroatoms. The summed E-state index contributed by atoms with van der Waals surface area (Å²) in [7, 11) is 0. The van der Waals surface area contributed by atoms with Gasteiger partial charge < -0.3 is 10.4 Å². The molecule has 0 aliphatic carbocycles. The van der Waals surface area contributed by atoms with Crippen molar-refractivity contribution in [1.29, 1.82) is 0 Å². The Morgan fingerprint density at radius 3 is 2.95 bits per heavy atom. The van der Waals surface area contributed by atoms with Crippen LogP contribution >= 0.6 is 11.8 Å². The van der Waals surface area contributed by atoms with Gasteiger partial charge >= 0.3 is 5.97 Å². The van der Waals surface area contributed by atoms with Gasteiger partial charge in [0.15, 0.2) is 0 Å². The number of aromatic carboxylic acids is 1. The van der Waals surface area contributed by atoms with Crippen molar-refractivity contribution in [3.63, 3.8) is 0 Å². The van der Waals surface area contributed by atoms with Crippen LogP contribution in [0, 0.1) is 0 Å². The molecule has 2 aromatic rings. The molecule has 2 aromatic carbocycles. The highest BCUT2D eigenvalue weighted by Gasteiger charge is 2.19. The van der Waals surface area contributed by atoms with E-state index in [4.69, 9.17) is 5.11 Å². The molecule has 0 saturated heterocycles. The summed E-state index contributed by atoms with van der Waals surface area (Å²) in [6.07, 6.45) is 1.15. The quantitative estimate of drug-likeness (QED) is 0.887. The van der Waals surface area contributed by atoms with E-state index in [1.165, 1.54) is 11.1 Å². The molecular formula is C18H19NO2S. The van der Waals surface area contributed by atoms with Crippen molar-refractivity contribution in [2.24, 2.45) is 0 Å². The zero-order valence-electron chi connectivity index (χ0n) is 12.3. The Bertz CT molecular complexity index is 672. The lowest BCUT2D eigenvalue weighted by Crippen LogP contribution is -2.22. The van der Waals surface area contributed by atoms with Crippen LogP contribution in [0.2, 0.25) is 0 Å². The van der Waals surface area contributed by atoms with Gasteiger partial charge in [-0.1, -0.05) is 36.4 Å². The number of thioether (sulfide) groups is 1. The highest BCUT2D eigenvalue weighted by molar-refractivity contribution is 7.99. The summed E-state index contributed by atoms with van der Waals surface area (Å²) in [5, 5.41) is 13.0. The van der Waals surface area contributed by atoms with Gasteiger partial charge in [0.2, 0.25) is 0 Å². The molecule has 0 spiro atoms. The van der Waals surface area contributed by atoms with E-state index in [1.807, 2.05) is 17.8 Å². The molecule has 0 saturated carbocycles. The number of carboxylic acids is 1. The molecule has 2 N–H and O–H groups in total. The molecule has 114 valence electrons. The van der Waals surface area contributed by atoms with E-state index in [0.717, 1.165) is 24.3 Å². The zero-order chi connectivity index (χ0) is 15.4. The van der Waals surface area contributed by atoms with Crippen molar-refractivity contribution in [3.8, 4) is 0 Å². The third-order valence-electron chi connectivity index (χ3n) is 3.93. The molecule has 0 amide bonds. The van der Waals surface area contributed by atoms with E-state index < -0.39 is 5.97 Å². The summed E-state index contributed by atoms with van der Waals surface area (Å²) >= 11 is 1.99. The van der Waals surface area contributed by atoms with Gasteiger partial charge in [0.1, 0.15) is 0 Å². The lowest BCUT2D eigenvalue weighted by molar-refractivity contribution is 0.0696. The Labute approximate surface area is 134 Å². The van der Waals surface area contributed by atoms with Crippen LogP contribution in [0.3, 0.4) is 0 Å². The normalized spacial score (nSPS) is 17.0. The maximum atomic E-state index is 11.0. The van der Waals surface area contributed by atoms with E-state index in [1.54, 1.807) is 18.2 Å². The van der Waals surface area contributed by atoms with E-state index in [0.29, 0.717) is 17.4 Å². The minimum Gasteiger partial charge on any atom is -0.478 e. The number of aryl methyl sites for hydroxylation is 1. The van der Waals surface area contributed by atoms with Crippen LogP contribution in [0.4, 0.5) is 0 Å². The van der Waals surface area contributed by atoms with Gasteiger partial charge in [0.05, 0.1) is 5.56 Å². The van der Waals surface area contributed by atoms with Crippen molar-refractivity contribution in [2.75, 3.05) is 12.3 Å². The first-order valence-electron chi connectivity index (χ1n) is 7.46. The molecule has 3 nitrogen and oxygen atoms in total. The maximum Gasteiger partial charge on any atom is 0.335 e. The number of hydrogen-bond donors (Lipinski definition) is 2. The summed E-state index contributed by atoms with van der Waals surface area (Å²) < 4.78 is 0. The van der Waals surface area contributed by atoms with Crippen LogP contribution in [0.15, 0.2) is 48.5 Å². The first kappa shape index (κ1) is 15.1. The molecule has 22 heavy (non-hydrogen) atoms. The fourth-order valence-corrected chi connectivity index (χ4v) is 4.08. The lowest BCUT2D eigenvalue weighted by Gasteiger charge is -2.25. The standard InChI is InChI=1S/C18H19NO2S/c20-18(21)15-6-3-4-13(10-15)11-19-12-17-16-7-2-1-5-14(16)8-9-22-17/h1-7,10,17,19H,8-9,11-12H2,(H,20,21). The number of benzene rings is 2. The lowest BCUT2D eigenvalue weighted by atomic mass is 10.0. The molecule has 1 atom stereocenters. The minimum atomic E-state index is -0.876. The third-order valence-corrected chi connectivity index (χ3v) is 5.19. The Hall–Kier alpha value is -1.78. The third kappa shape index (κ3) is 3.51. The Kier molecular flexibility index (Phi) is 4.80.